The highest BCUT2D eigenvalue weighted by Gasteiger charge is 2.18. The monoisotopic (exact) mass is 318 g/mol. The third kappa shape index (κ3) is 3.30. The number of aromatic amines is 1. The minimum Gasteiger partial charge on any atom is -0.489 e. The second kappa shape index (κ2) is 6.83. The Kier molecular flexibility index (Phi) is 4.24. The van der Waals surface area contributed by atoms with Gasteiger partial charge in [-0.3, -0.25) is 0 Å². The third-order valence-electron chi connectivity index (χ3n) is 4.54. The maximum atomic E-state index is 6.01. The summed E-state index contributed by atoms with van der Waals surface area (Å²) in [7, 11) is 0. The highest BCUT2D eigenvalue weighted by Crippen LogP contribution is 2.32. The van der Waals surface area contributed by atoms with Gasteiger partial charge in [-0.2, -0.15) is 0 Å². The van der Waals surface area contributed by atoms with E-state index in [1.165, 1.54) is 28.9 Å². The van der Waals surface area contributed by atoms with E-state index in [-0.39, 0.29) is 0 Å². The molecule has 3 heteroatoms. The lowest BCUT2D eigenvalue weighted by molar-refractivity contribution is 0.306. The van der Waals surface area contributed by atoms with Gasteiger partial charge < -0.3 is 14.6 Å². The molecule has 0 spiro atoms. The van der Waals surface area contributed by atoms with Crippen molar-refractivity contribution in [2.24, 2.45) is 0 Å². The van der Waals surface area contributed by atoms with Crippen LogP contribution < -0.4 is 9.64 Å². The first-order chi connectivity index (χ1) is 11.9. The zero-order chi connectivity index (χ0) is 16.2. The molecule has 3 nitrogen and oxygen atoms in total. The second-order valence-corrected chi connectivity index (χ2v) is 6.29. The van der Waals surface area contributed by atoms with Gasteiger partial charge in [0.2, 0.25) is 0 Å². The van der Waals surface area contributed by atoms with Crippen LogP contribution in [0.1, 0.15) is 23.2 Å². The summed E-state index contributed by atoms with van der Waals surface area (Å²) in [4.78, 5) is 5.75. The molecule has 0 unspecified atom stereocenters. The summed E-state index contributed by atoms with van der Waals surface area (Å²) in [6.45, 7) is 2.62. The van der Waals surface area contributed by atoms with Crippen molar-refractivity contribution in [3.05, 3.63) is 83.7 Å². The average molecular weight is 318 g/mol. The number of nitrogens with zero attached hydrogens (tertiary/aromatic N) is 1. The van der Waals surface area contributed by atoms with E-state index >= 15 is 0 Å². The molecular formula is C21H22N2O. The Labute approximate surface area is 142 Å². The molecule has 0 bridgehead atoms. The van der Waals surface area contributed by atoms with Gasteiger partial charge in [-0.1, -0.05) is 36.4 Å². The van der Waals surface area contributed by atoms with Crippen LogP contribution in [-0.4, -0.2) is 11.5 Å². The number of hydrogen-bond acceptors (Lipinski definition) is 2. The predicted octanol–water partition coefficient (Wildman–Crippen LogP) is 4.55. The third-order valence-corrected chi connectivity index (χ3v) is 4.54. The van der Waals surface area contributed by atoms with Crippen LogP contribution in [0.25, 0.3) is 0 Å². The number of aromatic nitrogens is 1. The highest BCUT2D eigenvalue weighted by molar-refractivity contribution is 5.59. The standard InChI is InChI=1S/C21H22N2O/c1-2-6-17(7-3-1)16-24-20-11-10-18-8-5-13-23(21(18)14-20)15-19-9-4-12-22-19/h1-4,6-7,9-12,14,22H,5,8,13,15-16H2. The van der Waals surface area contributed by atoms with Gasteiger partial charge in [-0.05, 0) is 42.2 Å². The first kappa shape index (κ1) is 14.9. The van der Waals surface area contributed by atoms with Gasteiger partial charge in [0, 0.05) is 30.2 Å². The number of fused-ring (bicyclic) bond motifs is 1. The first-order valence-electron chi connectivity index (χ1n) is 8.55. The fraction of sp³-hybridized carbons (Fsp3) is 0.238. The molecule has 0 saturated carbocycles. The molecule has 0 radical (unpaired) electrons. The maximum absolute atomic E-state index is 6.01. The largest absolute Gasteiger partial charge is 0.489 e. The van der Waals surface area contributed by atoms with E-state index in [4.69, 9.17) is 4.74 Å². The van der Waals surface area contributed by atoms with Crippen LogP contribution in [0.15, 0.2) is 66.9 Å². The number of nitrogens with one attached hydrogen (secondary N) is 1. The van der Waals surface area contributed by atoms with Crippen molar-refractivity contribution in [1.29, 1.82) is 0 Å². The Morgan fingerprint density at radius 2 is 1.92 bits per heavy atom. The molecule has 0 fully saturated rings. The van der Waals surface area contributed by atoms with Gasteiger partial charge in [0.05, 0.1) is 6.54 Å². The molecule has 0 atom stereocenters. The molecular weight excluding hydrogens is 296 g/mol. The van der Waals surface area contributed by atoms with E-state index in [0.29, 0.717) is 6.61 Å². The Morgan fingerprint density at radius 1 is 1.00 bits per heavy atom. The molecule has 4 rings (SSSR count). The number of hydrogen-bond donors (Lipinski definition) is 1. The molecule has 0 aliphatic carbocycles. The van der Waals surface area contributed by atoms with Crippen molar-refractivity contribution in [2.75, 3.05) is 11.4 Å². The molecule has 3 aromatic rings. The van der Waals surface area contributed by atoms with E-state index < -0.39 is 0 Å². The summed E-state index contributed by atoms with van der Waals surface area (Å²) in [5.74, 6) is 0.941. The lowest BCUT2D eigenvalue weighted by atomic mass is 10.0. The van der Waals surface area contributed by atoms with Crippen LogP contribution in [-0.2, 0) is 19.6 Å². The fourth-order valence-corrected chi connectivity index (χ4v) is 3.30. The molecule has 2 heterocycles. The quantitative estimate of drug-likeness (QED) is 0.747. The van der Waals surface area contributed by atoms with Crippen molar-refractivity contribution in [1.82, 2.24) is 4.98 Å². The van der Waals surface area contributed by atoms with E-state index in [0.717, 1.165) is 25.3 Å². The van der Waals surface area contributed by atoms with Crippen LogP contribution in [0.3, 0.4) is 0 Å². The Hall–Kier alpha value is -2.68. The number of H-pyrrole nitrogens is 1. The molecule has 1 aliphatic rings. The number of anilines is 1. The van der Waals surface area contributed by atoms with Gasteiger partial charge in [-0.25, -0.2) is 0 Å². The lowest BCUT2D eigenvalue weighted by Crippen LogP contribution is -2.28. The van der Waals surface area contributed by atoms with Gasteiger partial charge in [0.15, 0.2) is 0 Å². The fourth-order valence-electron chi connectivity index (χ4n) is 3.30. The van der Waals surface area contributed by atoms with Crippen molar-refractivity contribution in [3.8, 4) is 5.75 Å². The predicted molar refractivity (Wildman–Crippen MR) is 97.4 cm³/mol. The molecule has 24 heavy (non-hydrogen) atoms. The molecule has 2 aromatic carbocycles. The summed E-state index contributed by atoms with van der Waals surface area (Å²) < 4.78 is 6.01. The van der Waals surface area contributed by atoms with E-state index in [9.17, 15) is 0 Å². The number of aryl methyl sites for hydroxylation is 1. The zero-order valence-electron chi connectivity index (χ0n) is 13.7. The van der Waals surface area contributed by atoms with Crippen LogP contribution in [0.2, 0.25) is 0 Å². The second-order valence-electron chi connectivity index (χ2n) is 6.29. The van der Waals surface area contributed by atoms with Crippen molar-refractivity contribution in [2.45, 2.75) is 26.0 Å². The van der Waals surface area contributed by atoms with Gasteiger partial charge in [-0.15, -0.1) is 0 Å². The van der Waals surface area contributed by atoms with Crippen LogP contribution in [0.4, 0.5) is 5.69 Å². The van der Waals surface area contributed by atoms with E-state index in [1.807, 2.05) is 24.4 Å². The summed E-state index contributed by atoms with van der Waals surface area (Å²) in [5.41, 5.74) is 5.16. The molecule has 0 amide bonds. The van der Waals surface area contributed by atoms with Crippen LogP contribution in [0.5, 0.6) is 5.75 Å². The Morgan fingerprint density at radius 3 is 2.75 bits per heavy atom. The molecule has 1 aliphatic heterocycles. The van der Waals surface area contributed by atoms with Gasteiger partial charge in [0.25, 0.3) is 0 Å². The van der Waals surface area contributed by atoms with Crippen molar-refractivity contribution < 1.29 is 4.74 Å². The smallest absolute Gasteiger partial charge is 0.121 e. The Bertz CT molecular complexity index is 781. The number of benzene rings is 2. The Balaban J connectivity index is 1.51. The van der Waals surface area contributed by atoms with Crippen molar-refractivity contribution >= 4 is 5.69 Å². The molecule has 1 aromatic heterocycles. The normalized spacial score (nSPS) is 13.6. The maximum Gasteiger partial charge on any atom is 0.121 e. The van der Waals surface area contributed by atoms with Gasteiger partial charge in [0.1, 0.15) is 12.4 Å². The van der Waals surface area contributed by atoms with E-state index in [2.05, 4.69) is 52.3 Å². The molecule has 0 saturated heterocycles. The van der Waals surface area contributed by atoms with E-state index in [1.54, 1.807) is 0 Å². The number of rotatable bonds is 5. The highest BCUT2D eigenvalue weighted by atomic mass is 16.5. The summed E-state index contributed by atoms with van der Waals surface area (Å²) in [6, 6.07) is 21.0. The first-order valence-corrected chi connectivity index (χ1v) is 8.55. The minimum absolute atomic E-state index is 0.607. The van der Waals surface area contributed by atoms with Crippen LogP contribution in [0, 0.1) is 0 Å². The van der Waals surface area contributed by atoms with Crippen molar-refractivity contribution in [3.63, 3.8) is 0 Å². The average Bonchev–Trinajstić information content (AvgIpc) is 3.14. The lowest BCUT2D eigenvalue weighted by Gasteiger charge is -2.31. The SMILES string of the molecule is c1ccc(COc2ccc3c(c2)N(Cc2ccc[nH]2)CCC3)cc1. The van der Waals surface area contributed by atoms with Crippen LogP contribution >= 0.6 is 0 Å². The summed E-state index contributed by atoms with van der Waals surface area (Å²) >= 11 is 0. The summed E-state index contributed by atoms with van der Waals surface area (Å²) in [5, 5.41) is 0. The number of ether oxygens (including phenoxy) is 1. The topological polar surface area (TPSA) is 28.3 Å². The molecule has 1 N–H and O–H groups in total. The minimum atomic E-state index is 0.607. The zero-order valence-corrected chi connectivity index (χ0v) is 13.7. The summed E-state index contributed by atoms with van der Waals surface area (Å²) in [6.07, 6.45) is 4.34. The van der Waals surface area contributed by atoms with Gasteiger partial charge >= 0.3 is 0 Å². The molecule has 122 valence electrons.